The summed E-state index contributed by atoms with van der Waals surface area (Å²) in [6, 6.07) is 0. The molecule has 1 unspecified atom stereocenters. The van der Waals surface area contributed by atoms with Crippen LogP contribution in [0.5, 0.6) is 0 Å². The minimum atomic E-state index is 0. The molecule has 0 aromatic carbocycles. The lowest BCUT2D eigenvalue weighted by Gasteiger charge is -2.28. The number of ether oxygens (including phenoxy) is 1. The van der Waals surface area contributed by atoms with Crippen LogP contribution in [-0.2, 0) is 11.3 Å². The molecule has 0 amide bonds. The van der Waals surface area contributed by atoms with Crippen LogP contribution in [0.2, 0.25) is 0 Å². The quantitative estimate of drug-likeness (QED) is 0.330. The van der Waals surface area contributed by atoms with Crippen LogP contribution in [0, 0.1) is 5.92 Å². The molecule has 6 nitrogen and oxygen atoms in total. The molecule has 1 atom stereocenters. The SMILES string of the molecule is CCNC(=NCCC1CCN(C)CC1)N(C)Cc1csc(C(C)OC)n1.I. The number of nitrogens with zero attached hydrogens (tertiary/aromatic N) is 4. The summed E-state index contributed by atoms with van der Waals surface area (Å²) in [4.78, 5) is 14.1. The van der Waals surface area contributed by atoms with Gasteiger partial charge in [-0.25, -0.2) is 4.98 Å². The van der Waals surface area contributed by atoms with E-state index in [1.165, 1.54) is 32.4 Å². The van der Waals surface area contributed by atoms with Gasteiger partial charge >= 0.3 is 0 Å². The van der Waals surface area contributed by atoms with Gasteiger partial charge in [0.1, 0.15) is 11.1 Å². The predicted octanol–water partition coefficient (Wildman–Crippen LogP) is 3.60. The van der Waals surface area contributed by atoms with E-state index in [2.05, 4.69) is 46.5 Å². The number of hydrogen-bond donors (Lipinski definition) is 1. The number of rotatable bonds is 8. The molecule has 0 radical (unpaired) electrons. The van der Waals surface area contributed by atoms with Crippen molar-refractivity contribution in [2.75, 3.05) is 47.4 Å². The highest BCUT2D eigenvalue weighted by Gasteiger charge is 2.16. The Morgan fingerprint density at radius 2 is 2.19 bits per heavy atom. The number of aromatic nitrogens is 1. The summed E-state index contributed by atoms with van der Waals surface area (Å²) >= 11 is 1.66. The largest absolute Gasteiger partial charge is 0.375 e. The highest BCUT2D eigenvalue weighted by Crippen LogP contribution is 2.21. The Morgan fingerprint density at radius 1 is 1.48 bits per heavy atom. The topological polar surface area (TPSA) is 53.0 Å². The van der Waals surface area contributed by atoms with E-state index in [1.807, 2.05) is 6.92 Å². The molecule has 0 spiro atoms. The third kappa shape index (κ3) is 8.21. The molecule has 1 fully saturated rings. The molecule has 2 heterocycles. The molecular weight excluding hydrogens is 473 g/mol. The number of methoxy groups -OCH3 is 1. The van der Waals surface area contributed by atoms with Crippen LogP contribution in [0.4, 0.5) is 0 Å². The van der Waals surface area contributed by atoms with E-state index in [0.717, 1.165) is 42.2 Å². The molecule has 156 valence electrons. The second kappa shape index (κ2) is 12.9. The number of nitrogens with one attached hydrogen (secondary N) is 1. The molecular formula is C19H36IN5OS. The maximum atomic E-state index is 5.35. The number of aliphatic imine (C=N–C) groups is 1. The van der Waals surface area contributed by atoms with E-state index in [-0.39, 0.29) is 30.1 Å². The number of halogens is 1. The monoisotopic (exact) mass is 509 g/mol. The highest BCUT2D eigenvalue weighted by molar-refractivity contribution is 14.0. The molecule has 0 bridgehead atoms. The van der Waals surface area contributed by atoms with Crippen LogP contribution in [0.15, 0.2) is 10.4 Å². The molecule has 1 aliphatic rings. The van der Waals surface area contributed by atoms with Crippen molar-refractivity contribution < 1.29 is 4.74 Å². The second-order valence-corrected chi connectivity index (χ2v) is 8.07. The Kier molecular flexibility index (Phi) is 11.7. The first kappa shape index (κ1) is 24.6. The Balaban J connectivity index is 0.00000364. The predicted molar refractivity (Wildman–Crippen MR) is 125 cm³/mol. The summed E-state index contributed by atoms with van der Waals surface area (Å²) in [5.74, 6) is 1.79. The van der Waals surface area contributed by atoms with Gasteiger partial charge < -0.3 is 19.9 Å². The van der Waals surface area contributed by atoms with E-state index in [9.17, 15) is 0 Å². The van der Waals surface area contributed by atoms with Gasteiger partial charge in [0.05, 0.1) is 12.2 Å². The van der Waals surface area contributed by atoms with Crippen LogP contribution >= 0.6 is 35.3 Å². The standard InChI is InChI=1S/C19H35N5OS.HI/c1-6-20-19(21-10-7-16-8-11-23(3)12-9-16)24(4)13-17-14-26-18(22-17)15(2)25-5;/h14-16H,6-13H2,1-5H3,(H,20,21);1H. The number of guanidine groups is 1. The molecule has 2 rings (SSSR count). The molecule has 0 aliphatic carbocycles. The molecule has 1 aliphatic heterocycles. The highest BCUT2D eigenvalue weighted by atomic mass is 127. The van der Waals surface area contributed by atoms with E-state index in [0.29, 0.717) is 0 Å². The van der Waals surface area contributed by atoms with Crippen molar-refractivity contribution in [3.8, 4) is 0 Å². The molecule has 0 saturated carbocycles. The maximum absolute atomic E-state index is 5.35. The van der Waals surface area contributed by atoms with E-state index in [4.69, 9.17) is 9.73 Å². The van der Waals surface area contributed by atoms with E-state index >= 15 is 0 Å². The van der Waals surface area contributed by atoms with Crippen molar-refractivity contribution in [1.82, 2.24) is 20.1 Å². The normalized spacial score (nSPS) is 17.4. The third-order valence-electron chi connectivity index (χ3n) is 5.00. The zero-order valence-electron chi connectivity index (χ0n) is 17.4. The van der Waals surface area contributed by atoms with E-state index in [1.54, 1.807) is 18.4 Å². The van der Waals surface area contributed by atoms with Crippen LogP contribution in [0.3, 0.4) is 0 Å². The van der Waals surface area contributed by atoms with Crippen LogP contribution < -0.4 is 5.32 Å². The fraction of sp³-hybridized carbons (Fsp3) is 0.789. The molecule has 1 aromatic rings. The van der Waals surface area contributed by atoms with Gasteiger partial charge in [0.25, 0.3) is 0 Å². The van der Waals surface area contributed by atoms with Crippen molar-refractivity contribution >= 4 is 41.3 Å². The van der Waals surface area contributed by atoms with Crippen molar-refractivity contribution in [2.24, 2.45) is 10.9 Å². The van der Waals surface area contributed by atoms with E-state index < -0.39 is 0 Å². The van der Waals surface area contributed by atoms with Crippen molar-refractivity contribution in [3.63, 3.8) is 0 Å². The lowest BCUT2D eigenvalue weighted by molar-refractivity contribution is 0.119. The summed E-state index contributed by atoms with van der Waals surface area (Å²) in [7, 11) is 6.01. The first-order valence-corrected chi connectivity index (χ1v) is 10.6. The van der Waals surface area contributed by atoms with Crippen molar-refractivity contribution in [1.29, 1.82) is 0 Å². The van der Waals surface area contributed by atoms with Gasteiger partial charge in [0, 0.05) is 32.6 Å². The van der Waals surface area contributed by atoms with Crippen LogP contribution in [-0.4, -0.2) is 68.1 Å². The Hall–Kier alpha value is -0.450. The minimum absolute atomic E-state index is 0. The summed E-state index contributed by atoms with van der Waals surface area (Å²) in [5.41, 5.74) is 1.07. The van der Waals surface area contributed by atoms with Gasteiger partial charge in [-0.1, -0.05) is 0 Å². The smallest absolute Gasteiger partial charge is 0.194 e. The lowest BCUT2D eigenvalue weighted by atomic mass is 9.94. The fourth-order valence-corrected chi connectivity index (χ4v) is 4.02. The van der Waals surface area contributed by atoms with Crippen LogP contribution in [0.1, 0.15) is 49.9 Å². The number of hydrogen-bond acceptors (Lipinski definition) is 5. The molecule has 8 heteroatoms. The van der Waals surface area contributed by atoms with Gasteiger partial charge in [-0.3, -0.25) is 4.99 Å². The zero-order chi connectivity index (χ0) is 18.9. The summed E-state index contributed by atoms with van der Waals surface area (Å²) < 4.78 is 5.35. The van der Waals surface area contributed by atoms with Crippen molar-refractivity contribution in [3.05, 3.63) is 16.1 Å². The minimum Gasteiger partial charge on any atom is -0.375 e. The number of likely N-dealkylation sites (tertiary alicyclic amines) is 1. The van der Waals surface area contributed by atoms with Gasteiger partial charge in [0.15, 0.2) is 5.96 Å². The molecule has 27 heavy (non-hydrogen) atoms. The molecule has 1 aromatic heterocycles. The Bertz CT molecular complexity index is 560. The first-order valence-electron chi connectivity index (χ1n) is 9.68. The lowest BCUT2D eigenvalue weighted by Crippen LogP contribution is -2.38. The van der Waals surface area contributed by atoms with Gasteiger partial charge in [-0.15, -0.1) is 35.3 Å². The Morgan fingerprint density at radius 3 is 2.81 bits per heavy atom. The van der Waals surface area contributed by atoms with Crippen molar-refractivity contribution in [2.45, 2.75) is 45.8 Å². The number of piperidine rings is 1. The first-order chi connectivity index (χ1) is 12.5. The molecule has 1 N–H and O–H groups in total. The summed E-state index contributed by atoms with van der Waals surface area (Å²) in [6.45, 7) is 9.11. The van der Waals surface area contributed by atoms with Gasteiger partial charge in [-0.05, 0) is 59.2 Å². The second-order valence-electron chi connectivity index (χ2n) is 7.18. The Labute approximate surface area is 185 Å². The zero-order valence-corrected chi connectivity index (χ0v) is 20.5. The van der Waals surface area contributed by atoms with Crippen LogP contribution in [0.25, 0.3) is 0 Å². The molecule has 1 saturated heterocycles. The number of thiazole rings is 1. The maximum Gasteiger partial charge on any atom is 0.194 e. The summed E-state index contributed by atoms with van der Waals surface area (Å²) in [5, 5.41) is 6.55. The van der Waals surface area contributed by atoms with Gasteiger partial charge in [-0.2, -0.15) is 0 Å². The summed E-state index contributed by atoms with van der Waals surface area (Å²) in [6.07, 6.45) is 3.84. The van der Waals surface area contributed by atoms with Gasteiger partial charge in [0.2, 0.25) is 0 Å². The fourth-order valence-electron chi connectivity index (χ4n) is 3.17. The third-order valence-corrected chi connectivity index (χ3v) is 6.06. The average Bonchev–Trinajstić information content (AvgIpc) is 3.10. The average molecular weight is 510 g/mol.